The van der Waals surface area contributed by atoms with E-state index < -0.39 is 10.3 Å². The van der Waals surface area contributed by atoms with Crippen molar-refractivity contribution in [2.75, 3.05) is 11.4 Å². The molecule has 0 bridgehead atoms. The first-order valence-corrected chi connectivity index (χ1v) is 10.8. The number of carbonyl (C=O) groups excluding carboxylic acids is 1. The molecule has 162 valence electrons. The third-order valence-electron chi connectivity index (χ3n) is 6.75. The fourth-order valence-corrected chi connectivity index (χ4v) is 5.34. The number of fused-ring (bicyclic) bond motifs is 3. The number of aromatic amines is 2. The summed E-state index contributed by atoms with van der Waals surface area (Å²) in [6, 6.07) is 20.4. The largest absolute Gasteiger partial charge is 0.361 e. The molecule has 33 heavy (non-hydrogen) atoms. The maximum atomic E-state index is 14.4. The number of para-hydroxylation sites is 2. The Kier molecular flexibility index (Phi) is 3.98. The van der Waals surface area contributed by atoms with E-state index in [4.69, 9.17) is 0 Å². The van der Waals surface area contributed by atoms with Gasteiger partial charge in [0.2, 0.25) is 5.91 Å². The topological polar surface area (TPSA) is 95.0 Å². The van der Waals surface area contributed by atoms with E-state index in [-0.39, 0.29) is 11.6 Å². The lowest BCUT2D eigenvalue weighted by Crippen LogP contribution is -2.42. The number of likely N-dealkylation sites (N-methyl/N-ethyl adjacent to an activating group) is 1. The Morgan fingerprint density at radius 3 is 2.00 bits per heavy atom. The van der Waals surface area contributed by atoms with Gasteiger partial charge in [-0.1, -0.05) is 36.4 Å². The van der Waals surface area contributed by atoms with Crippen LogP contribution in [0.3, 0.4) is 0 Å². The van der Waals surface area contributed by atoms with Crippen molar-refractivity contribution in [3.05, 3.63) is 106 Å². The minimum atomic E-state index is -1.24. The predicted octanol–water partition coefficient (Wildman–Crippen LogP) is 5.26. The number of aromatic nitrogens is 2. The van der Waals surface area contributed by atoms with Gasteiger partial charge in [-0.3, -0.25) is 14.9 Å². The number of nitrogens with one attached hydrogen (secondary N) is 2. The van der Waals surface area contributed by atoms with Crippen LogP contribution in [0.5, 0.6) is 0 Å². The van der Waals surface area contributed by atoms with E-state index in [9.17, 15) is 14.9 Å². The average Bonchev–Trinajstić information content (AvgIpc) is 3.52. The van der Waals surface area contributed by atoms with Crippen molar-refractivity contribution < 1.29 is 9.72 Å². The quantitative estimate of drug-likeness (QED) is 0.297. The lowest BCUT2D eigenvalue weighted by atomic mass is 9.70. The Labute approximate surface area is 188 Å². The molecule has 0 unspecified atom stereocenters. The second-order valence-electron chi connectivity index (χ2n) is 8.25. The number of benzene rings is 3. The highest BCUT2D eigenvalue weighted by Crippen LogP contribution is 2.54. The van der Waals surface area contributed by atoms with Crippen molar-refractivity contribution in [2.45, 2.75) is 12.3 Å². The molecule has 0 aliphatic carbocycles. The molecule has 1 amide bonds. The average molecular weight is 436 g/mol. The highest BCUT2D eigenvalue weighted by molar-refractivity contribution is 6.16. The molecule has 2 aromatic heterocycles. The van der Waals surface area contributed by atoms with E-state index in [1.165, 1.54) is 6.07 Å². The van der Waals surface area contributed by atoms with E-state index in [2.05, 4.69) is 9.97 Å². The summed E-state index contributed by atoms with van der Waals surface area (Å²) in [5, 5.41) is 13.6. The Bertz CT molecular complexity index is 1510. The number of nitrogens with zero attached hydrogens (tertiary/aromatic N) is 2. The summed E-state index contributed by atoms with van der Waals surface area (Å²) in [6.07, 6.45) is 3.73. The summed E-state index contributed by atoms with van der Waals surface area (Å²) in [5.41, 5.74) is 3.42. The SMILES string of the molecule is CCN1C(=O)C(c2c[nH]c3ccccc23)(c2c[nH]c3ccccc23)c2cc([N+](=O)[O-])ccc21. The molecule has 6 rings (SSSR count). The van der Waals surface area contributed by atoms with Gasteiger partial charge >= 0.3 is 0 Å². The van der Waals surface area contributed by atoms with E-state index in [1.807, 2.05) is 67.8 Å². The first-order chi connectivity index (χ1) is 16.1. The van der Waals surface area contributed by atoms with Crippen molar-refractivity contribution in [3.63, 3.8) is 0 Å². The van der Waals surface area contributed by atoms with Crippen molar-refractivity contribution in [1.29, 1.82) is 0 Å². The van der Waals surface area contributed by atoms with Gasteiger partial charge in [-0.05, 0) is 25.1 Å². The molecule has 1 aliphatic heterocycles. The Morgan fingerprint density at radius 2 is 1.45 bits per heavy atom. The smallest absolute Gasteiger partial charge is 0.269 e. The fourth-order valence-electron chi connectivity index (χ4n) is 5.34. The minimum absolute atomic E-state index is 0.0384. The zero-order valence-electron chi connectivity index (χ0n) is 17.8. The molecule has 0 radical (unpaired) electrons. The highest BCUT2D eigenvalue weighted by atomic mass is 16.6. The fraction of sp³-hybridized carbons (Fsp3) is 0.115. The Morgan fingerprint density at radius 1 is 0.879 bits per heavy atom. The number of carbonyl (C=O) groups is 1. The third-order valence-corrected chi connectivity index (χ3v) is 6.75. The van der Waals surface area contributed by atoms with Crippen LogP contribution in [0.2, 0.25) is 0 Å². The van der Waals surface area contributed by atoms with Gasteiger partial charge in [0.15, 0.2) is 0 Å². The second kappa shape index (κ2) is 6.80. The highest BCUT2D eigenvalue weighted by Gasteiger charge is 2.55. The summed E-state index contributed by atoms with van der Waals surface area (Å²) in [5.74, 6) is -0.116. The molecule has 0 spiro atoms. The van der Waals surface area contributed by atoms with Crippen LogP contribution in [-0.2, 0) is 10.2 Å². The molecular formula is C26H20N4O3. The van der Waals surface area contributed by atoms with E-state index in [1.54, 1.807) is 17.0 Å². The maximum Gasteiger partial charge on any atom is 0.269 e. The van der Waals surface area contributed by atoms with E-state index >= 15 is 0 Å². The van der Waals surface area contributed by atoms with Gasteiger partial charge in [0.05, 0.1) is 4.92 Å². The molecule has 7 nitrogen and oxygen atoms in total. The van der Waals surface area contributed by atoms with Crippen molar-refractivity contribution in [3.8, 4) is 0 Å². The summed E-state index contributed by atoms with van der Waals surface area (Å²) in [7, 11) is 0. The molecular weight excluding hydrogens is 416 g/mol. The van der Waals surface area contributed by atoms with Gasteiger partial charge in [0, 0.05) is 75.3 Å². The van der Waals surface area contributed by atoms with Gasteiger partial charge in [0.25, 0.3) is 5.69 Å². The molecule has 3 heterocycles. The zero-order chi connectivity index (χ0) is 22.7. The number of hydrogen-bond acceptors (Lipinski definition) is 3. The molecule has 0 saturated heterocycles. The van der Waals surface area contributed by atoms with E-state index in [0.29, 0.717) is 17.8 Å². The van der Waals surface area contributed by atoms with Gasteiger partial charge in [-0.25, -0.2) is 0 Å². The molecule has 0 atom stereocenters. The molecule has 7 heteroatoms. The van der Waals surface area contributed by atoms with Crippen molar-refractivity contribution in [2.24, 2.45) is 0 Å². The third kappa shape index (κ3) is 2.41. The second-order valence-corrected chi connectivity index (χ2v) is 8.25. The summed E-state index contributed by atoms with van der Waals surface area (Å²) in [4.78, 5) is 34.1. The molecule has 1 aliphatic rings. The van der Waals surface area contributed by atoms with Crippen LogP contribution in [-0.4, -0.2) is 27.3 Å². The number of rotatable bonds is 4. The lowest BCUT2D eigenvalue weighted by Gasteiger charge is -2.29. The minimum Gasteiger partial charge on any atom is -0.361 e. The Balaban J connectivity index is 1.81. The first-order valence-electron chi connectivity index (χ1n) is 10.8. The lowest BCUT2D eigenvalue weighted by molar-refractivity contribution is -0.384. The van der Waals surface area contributed by atoms with Crippen molar-refractivity contribution in [1.82, 2.24) is 9.97 Å². The number of hydrogen-bond donors (Lipinski definition) is 2. The standard InChI is InChI=1S/C26H20N4O3/c1-2-29-24-12-11-16(30(32)33)13-19(24)26(25(29)31,20-14-27-22-9-5-3-7-17(20)22)21-15-28-23-10-6-4-8-18(21)23/h3-15,27-28H,2H2,1H3. The molecule has 3 aromatic carbocycles. The monoisotopic (exact) mass is 436 g/mol. The van der Waals surface area contributed by atoms with Crippen LogP contribution in [0.25, 0.3) is 21.8 Å². The summed E-state index contributed by atoms with van der Waals surface area (Å²) < 4.78 is 0. The number of non-ortho nitro benzene ring substituents is 1. The number of nitro benzene ring substituents is 1. The van der Waals surface area contributed by atoms with Gasteiger partial charge in [-0.15, -0.1) is 0 Å². The number of nitro groups is 1. The van der Waals surface area contributed by atoms with Crippen molar-refractivity contribution >= 4 is 39.1 Å². The van der Waals surface area contributed by atoms with Crippen LogP contribution >= 0.6 is 0 Å². The Hall–Kier alpha value is -4.39. The van der Waals surface area contributed by atoms with Gasteiger partial charge in [-0.2, -0.15) is 0 Å². The van der Waals surface area contributed by atoms with Crippen LogP contribution in [0.4, 0.5) is 11.4 Å². The van der Waals surface area contributed by atoms with Crippen LogP contribution in [0, 0.1) is 10.1 Å². The van der Waals surface area contributed by atoms with E-state index in [0.717, 1.165) is 32.9 Å². The van der Waals surface area contributed by atoms with Crippen LogP contribution < -0.4 is 4.90 Å². The molecule has 5 aromatic rings. The molecule has 0 fully saturated rings. The molecule has 0 saturated carbocycles. The number of H-pyrrole nitrogens is 2. The first kappa shape index (κ1) is 19.3. The number of amides is 1. The normalized spacial score (nSPS) is 14.8. The van der Waals surface area contributed by atoms with Gasteiger partial charge in [0.1, 0.15) is 5.41 Å². The number of anilines is 1. The summed E-state index contributed by atoms with van der Waals surface area (Å²) >= 11 is 0. The maximum absolute atomic E-state index is 14.4. The predicted molar refractivity (Wildman–Crippen MR) is 128 cm³/mol. The van der Waals surface area contributed by atoms with Crippen LogP contribution in [0.15, 0.2) is 79.1 Å². The van der Waals surface area contributed by atoms with Crippen LogP contribution in [0.1, 0.15) is 23.6 Å². The summed E-state index contributed by atoms with van der Waals surface area (Å²) in [6.45, 7) is 2.37. The molecule has 2 N–H and O–H groups in total. The zero-order valence-corrected chi connectivity index (χ0v) is 17.8. The van der Waals surface area contributed by atoms with Gasteiger partial charge < -0.3 is 14.9 Å².